The fourth-order valence-corrected chi connectivity index (χ4v) is 3.26. The average molecular weight is 237 g/mol. The van der Waals surface area contributed by atoms with E-state index in [1.807, 2.05) is 0 Å². The summed E-state index contributed by atoms with van der Waals surface area (Å²) in [4.78, 5) is 5.38. The van der Waals surface area contributed by atoms with Crippen LogP contribution in [0.4, 0.5) is 0 Å². The smallest absolute Gasteiger partial charge is 0.0110 e. The number of piperidine rings is 1. The summed E-state index contributed by atoms with van der Waals surface area (Å²) < 4.78 is 0. The lowest BCUT2D eigenvalue weighted by Gasteiger charge is -2.37. The molecule has 3 nitrogen and oxygen atoms in total. The summed E-state index contributed by atoms with van der Waals surface area (Å²) in [5, 5.41) is 3.53. The number of hydrogen-bond donors (Lipinski definition) is 1. The third kappa shape index (κ3) is 3.67. The van der Waals surface area contributed by atoms with Crippen LogP contribution in [-0.4, -0.2) is 62.2 Å². The van der Waals surface area contributed by atoms with Crippen molar-refractivity contribution in [2.24, 2.45) is 11.8 Å². The van der Waals surface area contributed by atoms with Gasteiger partial charge in [0, 0.05) is 39.3 Å². The number of rotatable bonds is 4. The highest BCUT2D eigenvalue weighted by molar-refractivity contribution is 4.82. The third-order valence-electron chi connectivity index (χ3n) is 4.59. The monoisotopic (exact) mass is 237 g/mol. The predicted molar refractivity (Wildman–Crippen MR) is 71.2 cm³/mol. The molecule has 0 aromatic carbocycles. The van der Waals surface area contributed by atoms with E-state index in [-0.39, 0.29) is 0 Å². The van der Waals surface area contributed by atoms with Crippen LogP contribution < -0.4 is 5.32 Å². The maximum atomic E-state index is 3.53. The first-order chi connectivity index (χ1) is 8.40. The summed E-state index contributed by atoms with van der Waals surface area (Å²) in [5.41, 5.74) is 0. The van der Waals surface area contributed by atoms with Crippen LogP contribution in [0.15, 0.2) is 0 Å². The summed E-state index contributed by atoms with van der Waals surface area (Å²) in [7, 11) is 0. The Kier molecular flexibility index (Phi) is 3.99. The second-order valence-corrected chi connectivity index (χ2v) is 6.26. The van der Waals surface area contributed by atoms with Gasteiger partial charge in [-0.15, -0.1) is 0 Å². The number of hydrogen-bond acceptors (Lipinski definition) is 3. The minimum absolute atomic E-state index is 0.915. The molecule has 0 aromatic heterocycles. The zero-order chi connectivity index (χ0) is 11.5. The van der Waals surface area contributed by atoms with Crippen molar-refractivity contribution in [3.63, 3.8) is 0 Å². The van der Waals surface area contributed by atoms with Gasteiger partial charge in [-0.2, -0.15) is 0 Å². The normalized spacial score (nSPS) is 32.8. The number of nitrogens with one attached hydrogen (secondary N) is 1. The molecule has 1 N–H and O–H groups in total. The van der Waals surface area contributed by atoms with Crippen LogP contribution >= 0.6 is 0 Å². The van der Waals surface area contributed by atoms with Gasteiger partial charge in [-0.05, 0) is 50.6 Å². The largest absolute Gasteiger partial charge is 0.316 e. The minimum atomic E-state index is 0.915. The Balaban J connectivity index is 1.35. The molecule has 0 unspecified atom stereocenters. The molecular weight excluding hydrogens is 210 g/mol. The van der Waals surface area contributed by atoms with Gasteiger partial charge >= 0.3 is 0 Å². The van der Waals surface area contributed by atoms with Crippen molar-refractivity contribution < 1.29 is 0 Å². The van der Waals surface area contributed by atoms with E-state index in [1.165, 1.54) is 78.0 Å². The molecule has 0 radical (unpaired) electrons. The standard InChI is InChI=1S/C14H27N3/c1-2-14(10-15-5-1)12-17-8-6-16(7-9-17)11-13-3-4-13/h13-15H,1-12H2/t14-/m1/s1. The minimum Gasteiger partial charge on any atom is -0.316 e. The highest BCUT2D eigenvalue weighted by Crippen LogP contribution is 2.29. The van der Waals surface area contributed by atoms with E-state index in [9.17, 15) is 0 Å². The van der Waals surface area contributed by atoms with Crippen LogP contribution in [-0.2, 0) is 0 Å². The van der Waals surface area contributed by atoms with Gasteiger partial charge in [0.05, 0.1) is 0 Å². The average Bonchev–Trinajstić information content (AvgIpc) is 3.17. The van der Waals surface area contributed by atoms with E-state index in [0.29, 0.717) is 0 Å². The lowest BCUT2D eigenvalue weighted by atomic mass is 9.99. The molecule has 0 amide bonds. The lowest BCUT2D eigenvalue weighted by Crippen LogP contribution is -2.49. The van der Waals surface area contributed by atoms with Crippen molar-refractivity contribution >= 4 is 0 Å². The van der Waals surface area contributed by atoms with Crippen molar-refractivity contribution in [3.8, 4) is 0 Å². The molecular formula is C14H27N3. The zero-order valence-electron chi connectivity index (χ0n) is 11.0. The molecule has 2 heterocycles. The molecule has 3 aliphatic rings. The van der Waals surface area contributed by atoms with Gasteiger partial charge in [0.1, 0.15) is 0 Å². The topological polar surface area (TPSA) is 18.5 Å². The van der Waals surface area contributed by atoms with E-state index in [1.54, 1.807) is 0 Å². The van der Waals surface area contributed by atoms with Crippen LogP contribution in [0.2, 0.25) is 0 Å². The summed E-state index contributed by atoms with van der Waals surface area (Å²) in [6.07, 6.45) is 5.81. The quantitative estimate of drug-likeness (QED) is 0.787. The zero-order valence-corrected chi connectivity index (χ0v) is 11.0. The fourth-order valence-electron chi connectivity index (χ4n) is 3.26. The third-order valence-corrected chi connectivity index (χ3v) is 4.59. The van der Waals surface area contributed by atoms with E-state index < -0.39 is 0 Å². The van der Waals surface area contributed by atoms with E-state index in [0.717, 1.165) is 11.8 Å². The predicted octanol–water partition coefficient (Wildman–Crippen LogP) is 1.01. The van der Waals surface area contributed by atoms with Crippen LogP contribution in [0, 0.1) is 11.8 Å². The van der Waals surface area contributed by atoms with Crippen LogP contribution in [0.5, 0.6) is 0 Å². The first-order valence-corrected chi connectivity index (χ1v) is 7.55. The number of piperazine rings is 1. The van der Waals surface area contributed by atoms with Gasteiger partial charge in [-0.1, -0.05) is 0 Å². The molecule has 1 atom stereocenters. The Hall–Kier alpha value is -0.120. The molecule has 1 aliphatic carbocycles. The highest BCUT2D eigenvalue weighted by atomic mass is 15.3. The van der Waals surface area contributed by atoms with Crippen LogP contribution in [0.1, 0.15) is 25.7 Å². The van der Waals surface area contributed by atoms with E-state index >= 15 is 0 Å². The summed E-state index contributed by atoms with van der Waals surface area (Å²) in [6.45, 7) is 10.5. The van der Waals surface area contributed by atoms with Crippen LogP contribution in [0.25, 0.3) is 0 Å². The Morgan fingerprint density at radius 2 is 1.47 bits per heavy atom. The van der Waals surface area contributed by atoms with Crippen molar-refractivity contribution in [2.45, 2.75) is 25.7 Å². The van der Waals surface area contributed by atoms with Gasteiger partial charge in [0.25, 0.3) is 0 Å². The molecule has 0 aromatic rings. The highest BCUT2D eigenvalue weighted by Gasteiger charge is 2.27. The molecule has 3 rings (SSSR count). The van der Waals surface area contributed by atoms with Crippen molar-refractivity contribution in [1.82, 2.24) is 15.1 Å². The van der Waals surface area contributed by atoms with Gasteiger partial charge < -0.3 is 15.1 Å². The summed E-state index contributed by atoms with van der Waals surface area (Å²) in [5.74, 6) is 1.97. The molecule has 1 saturated carbocycles. The molecule has 3 fully saturated rings. The Morgan fingerprint density at radius 3 is 2.00 bits per heavy atom. The van der Waals surface area contributed by atoms with Gasteiger partial charge in [-0.25, -0.2) is 0 Å². The van der Waals surface area contributed by atoms with Gasteiger partial charge in [0.15, 0.2) is 0 Å². The Labute approximate surface area is 106 Å². The molecule has 0 spiro atoms. The maximum absolute atomic E-state index is 3.53. The fraction of sp³-hybridized carbons (Fsp3) is 1.00. The molecule has 2 saturated heterocycles. The van der Waals surface area contributed by atoms with Crippen molar-refractivity contribution in [1.29, 1.82) is 0 Å². The Morgan fingerprint density at radius 1 is 0.824 bits per heavy atom. The second-order valence-electron chi connectivity index (χ2n) is 6.26. The first kappa shape index (κ1) is 11.9. The molecule has 3 heteroatoms. The number of nitrogens with zero attached hydrogens (tertiary/aromatic N) is 2. The molecule has 0 bridgehead atoms. The van der Waals surface area contributed by atoms with Gasteiger partial charge in [-0.3, -0.25) is 0 Å². The molecule has 17 heavy (non-hydrogen) atoms. The van der Waals surface area contributed by atoms with Gasteiger partial charge in [0.2, 0.25) is 0 Å². The van der Waals surface area contributed by atoms with Crippen LogP contribution in [0.3, 0.4) is 0 Å². The summed E-state index contributed by atoms with van der Waals surface area (Å²) >= 11 is 0. The SMILES string of the molecule is C1CNC[C@H](CN2CCN(CC3CC3)CC2)C1. The Bertz CT molecular complexity index is 226. The molecule has 98 valence electrons. The van der Waals surface area contributed by atoms with E-state index in [2.05, 4.69) is 15.1 Å². The van der Waals surface area contributed by atoms with E-state index in [4.69, 9.17) is 0 Å². The summed E-state index contributed by atoms with van der Waals surface area (Å²) in [6, 6.07) is 0. The maximum Gasteiger partial charge on any atom is 0.0110 e. The van der Waals surface area contributed by atoms with Crippen molar-refractivity contribution in [3.05, 3.63) is 0 Å². The second kappa shape index (κ2) is 5.68. The first-order valence-electron chi connectivity index (χ1n) is 7.55. The van der Waals surface area contributed by atoms with Crippen molar-refractivity contribution in [2.75, 3.05) is 52.4 Å². The lowest BCUT2D eigenvalue weighted by molar-refractivity contribution is 0.109. The molecule has 2 aliphatic heterocycles.